The molecule has 1 atom stereocenters. The normalized spacial score (nSPS) is 19.9. The number of halogens is 2. The summed E-state index contributed by atoms with van der Waals surface area (Å²) in [6.45, 7) is 0.650. The van der Waals surface area contributed by atoms with Crippen molar-refractivity contribution in [3.63, 3.8) is 0 Å². The summed E-state index contributed by atoms with van der Waals surface area (Å²) in [5.74, 6) is -0.725. The summed E-state index contributed by atoms with van der Waals surface area (Å²) in [4.78, 5) is -0.0699. The Morgan fingerprint density at radius 3 is 2.75 bits per heavy atom. The average Bonchev–Trinajstić information content (AvgIpc) is 2.39. The van der Waals surface area contributed by atoms with Gasteiger partial charge in [0.2, 0.25) is 10.0 Å². The Morgan fingerprint density at radius 2 is 2.15 bits per heavy atom. The second kappa shape index (κ2) is 6.50. The molecule has 1 aliphatic rings. The van der Waals surface area contributed by atoms with Gasteiger partial charge in [0.1, 0.15) is 11.9 Å². The van der Waals surface area contributed by atoms with Crippen molar-refractivity contribution in [2.75, 3.05) is 13.1 Å². The lowest BCUT2D eigenvalue weighted by Crippen LogP contribution is -2.45. The molecule has 110 valence electrons. The molecular formula is C12H15ClFN3O2S. The molecule has 0 radical (unpaired) electrons. The van der Waals surface area contributed by atoms with Gasteiger partial charge in [0.25, 0.3) is 0 Å². The van der Waals surface area contributed by atoms with Crippen molar-refractivity contribution in [1.82, 2.24) is 4.31 Å². The molecule has 1 aliphatic heterocycles. The third kappa shape index (κ3) is 3.27. The van der Waals surface area contributed by atoms with Crippen molar-refractivity contribution in [2.45, 2.75) is 23.8 Å². The van der Waals surface area contributed by atoms with E-state index in [-0.39, 0.29) is 35.5 Å². The average molecular weight is 320 g/mol. The number of benzene rings is 1. The number of sulfonamides is 1. The lowest BCUT2D eigenvalue weighted by Gasteiger charge is -2.29. The lowest BCUT2D eigenvalue weighted by atomic mass is 10.1. The fourth-order valence-corrected chi connectivity index (χ4v) is 3.65. The van der Waals surface area contributed by atoms with Gasteiger partial charge in [-0.1, -0.05) is 0 Å². The Balaban J connectivity index is 0.00000200. The summed E-state index contributed by atoms with van der Waals surface area (Å²) >= 11 is 0. The SMILES string of the molecule is Cl.N#Cc1cc(S(=O)(=O)N2CCC[C@@H](N)C2)ccc1F. The summed E-state index contributed by atoms with van der Waals surface area (Å²) < 4.78 is 39.2. The van der Waals surface area contributed by atoms with Crippen molar-refractivity contribution in [3.05, 3.63) is 29.6 Å². The summed E-state index contributed by atoms with van der Waals surface area (Å²) in [6.07, 6.45) is 1.49. The number of nitrogens with two attached hydrogens (primary N) is 1. The predicted molar refractivity (Wildman–Crippen MR) is 74.3 cm³/mol. The molecule has 0 unspecified atom stereocenters. The first-order valence-electron chi connectivity index (χ1n) is 5.90. The zero-order valence-corrected chi connectivity index (χ0v) is 12.3. The van der Waals surface area contributed by atoms with Crippen LogP contribution in [-0.2, 0) is 10.0 Å². The maximum Gasteiger partial charge on any atom is 0.243 e. The van der Waals surface area contributed by atoms with Crippen LogP contribution in [0.25, 0.3) is 0 Å². The van der Waals surface area contributed by atoms with Gasteiger partial charge in [-0.15, -0.1) is 12.4 Å². The Kier molecular flexibility index (Phi) is 5.48. The summed E-state index contributed by atoms with van der Waals surface area (Å²) in [5.41, 5.74) is 5.49. The molecule has 5 nitrogen and oxygen atoms in total. The summed E-state index contributed by atoms with van der Waals surface area (Å²) in [5, 5.41) is 8.74. The van der Waals surface area contributed by atoms with E-state index in [4.69, 9.17) is 11.0 Å². The smallest absolute Gasteiger partial charge is 0.243 e. The monoisotopic (exact) mass is 319 g/mol. The van der Waals surface area contributed by atoms with Gasteiger partial charge < -0.3 is 5.73 Å². The molecular weight excluding hydrogens is 305 g/mol. The highest BCUT2D eigenvalue weighted by Crippen LogP contribution is 2.22. The fraction of sp³-hybridized carbons (Fsp3) is 0.417. The van der Waals surface area contributed by atoms with E-state index in [1.807, 2.05) is 0 Å². The zero-order valence-electron chi connectivity index (χ0n) is 10.6. The van der Waals surface area contributed by atoms with Gasteiger partial charge in [-0.2, -0.15) is 9.57 Å². The molecule has 1 aromatic rings. The second-order valence-electron chi connectivity index (χ2n) is 4.52. The van der Waals surface area contributed by atoms with Crippen molar-refractivity contribution in [3.8, 4) is 6.07 Å². The van der Waals surface area contributed by atoms with Gasteiger partial charge in [-0.05, 0) is 31.0 Å². The molecule has 0 bridgehead atoms. The zero-order chi connectivity index (χ0) is 14.0. The Labute approximate surface area is 123 Å². The largest absolute Gasteiger partial charge is 0.327 e. The molecule has 1 fully saturated rings. The van der Waals surface area contributed by atoms with Crippen LogP contribution in [0.5, 0.6) is 0 Å². The molecule has 0 saturated carbocycles. The van der Waals surface area contributed by atoms with Gasteiger partial charge in [0.05, 0.1) is 10.5 Å². The van der Waals surface area contributed by atoms with Gasteiger partial charge >= 0.3 is 0 Å². The second-order valence-corrected chi connectivity index (χ2v) is 6.46. The fourth-order valence-electron chi connectivity index (χ4n) is 2.09. The van der Waals surface area contributed by atoms with Gasteiger partial charge in [-0.3, -0.25) is 0 Å². The minimum atomic E-state index is -3.71. The maximum absolute atomic E-state index is 13.2. The highest BCUT2D eigenvalue weighted by molar-refractivity contribution is 7.89. The molecule has 0 amide bonds. The van der Waals surface area contributed by atoms with Crippen molar-refractivity contribution in [2.24, 2.45) is 5.73 Å². The molecule has 20 heavy (non-hydrogen) atoms. The van der Waals surface area contributed by atoms with E-state index >= 15 is 0 Å². The van der Waals surface area contributed by atoms with Crippen molar-refractivity contribution < 1.29 is 12.8 Å². The van der Waals surface area contributed by atoms with Crippen molar-refractivity contribution >= 4 is 22.4 Å². The van der Waals surface area contributed by atoms with E-state index in [1.54, 1.807) is 6.07 Å². The molecule has 8 heteroatoms. The highest BCUT2D eigenvalue weighted by Gasteiger charge is 2.29. The van der Waals surface area contributed by atoms with Crippen LogP contribution in [0.15, 0.2) is 23.1 Å². The van der Waals surface area contributed by atoms with Crippen LogP contribution < -0.4 is 5.73 Å². The summed E-state index contributed by atoms with van der Waals surface area (Å²) in [7, 11) is -3.71. The molecule has 2 N–H and O–H groups in total. The number of nitriles is 1. The summed E-state index contributed by atoms with van der Waals surface area (Å²) in [6, 6.07) is 4.68. The topological polar surface area (TPSA) is 87.2 Å². The molecule has 1 heterocycles. The van der Waals surface area contributed by atoms with Gasteiger partial charge in [0.15, 0.2) is 0 Å². The van der Waals surface area contributed by atoms with E-state index in [0.29, 0.717) is 13.0 Å². The Hall–Kier alpha value is -1.20. The number of hydrogen-bond acceptors (Lipinski definition) is 4. The van der Waals surface area contributed by atoms with Crippen LogP contribution in [-0.4, -0.2) is 31.9 Å². The third-order valence-electron chi connectivity index (χ3n) is 3.12. The highest BCUT2D eigenvalue weighted by atomic mass is 35.5. The van der Waals surface area contributed by atoms with Crippen LogP contribution in [0.1, 0.15) is 18.4 Å². The molecule has 0 spiro atoms. The van der Waals surface area contributed by atoms with Gasteiger partial charge in [-0.25, -0.2) is 12.8 Å². The van der Waals surface area contributed by atoms with E-state index in [2.05, 4.69) is 0 Å². The minimum absolute atomic E-state index is 0. The van der Waals surface area contributed by atoms with Crippen LogP contribution in [0.2, 0.25) is 0 Å². The van der Waals surface area contributed by atoms with E-state index < -0.39 is 15.8 Å². The van der Waals surface area contributed by atoms with Crippen LogP contribution in [0, 0.1) is 17.1 Å². The first kappa shape index (κ1) is 16.9. The quantitative estimate of drug-likeness (QED) is 0.888. The number of rotatable bonds is 2. The molecule has 1 aromatic carbocycles. The first-order valence-corrected chi connectivity index (χ1v) is 7.34. The van der Waals surface area contributed by atoms with E-state index in [9.17, 15) is 12.8 Å². The Bertz CT molecular complexity index is 630. The number of piperidine rings is 1. The molecule has 2 rings (SSSR count). The first-order chi connectivity index (χ1) is 8.95. The molecule has 0 aromatic heterocycles. The maximum atomic E-state index is 13.2. The molecule has 0 aliphatic carbocycles. The van der Waals surface area contributed by atoms with Gasteiger partial charge in [0, 0.05) is 19.1 Å². The van der Waals surface area contributed by atoms with E-state index in [0.717, 1.165) is 18.6 Å². The van der Waals surface area contributed by atoms with Crippen LogP contribution in [0.4, 0.5) is 4.39 Å². The number of nitrogens with zero attached hydrogens (tertiary/aromatic N) is 2. The standard InChI is InChI=1S/C12H14FN3O2S.ClH/c13-12-4-3-11(6-9(12)7-14)19(17,18)16-5-1-2-10(15)8-16;/h3-4,6,10H,1-2,5,8,15H2;1H/t10-;/m1./s1. The lowest BCUT2D eigenvalue weighted by molar-refractivity contribution is 0.316. The number of hydrogen-bond donors (Lipinski definition) is 1. The third-order valence-corrected chi connectivity index (χ3v) is 4.98. The molecule has 1 saturated heterocycles. The van der Waals surface area contributed by atoms with Crippen LogP contribution in [0.3, 0.4) is 0 Å². The van der Waals surface area contributed by atoms with E-state index in [1.165, 1.54) is 10.4 Å². The minimum Gasteiger partial charge on any atom is -0.327 e. The van der Waals surface area contributed by atoms with Crippen LogP contribution >= 0.6 is 12.4 Å². The Morgan fingerprint density at radius 1 is 1.45 bits per heavy atom. The van der Waals surface area contributed by atoms with Crippen molar-refractivity contribution in [1.29, 1.82) is 5.26 Å². The predicted octanol–water partition coefficient (Wildman–Crippen LogP) is 1.23.